The average Bonchev–Trinajstić information content (AvgIpc) is 4.16. The summed E-state index contributed by atoms with van der Waals surface area (Å²) in [6.07, 6.45) is 17.5. The first-order valence-electron chi connectivity index (χ1n) is 21.4. The number of hydrogen-bond donors (Lipinski definition) is 0. The van der Waals surface area contributed by atoms with Gasteiger partial charge in [-0.15, -0.1) is 4.88 Å². The van der Waals surface area contributed by atoms with Crippen LogP contribution in [-0.4, -0.2) is 28.7 Å². The maximum atomic E-state index is 4.77. The first kappa shape index (κ1) is 43.5. The third-order valence-electron chi connectivity index (χ3n) is 11.5. The zero-order valence-electron chi connectivity index (χ0n) is 35.8. The van der Waals surface area contributed by atoms with Crippen LogP contribution in [0.4, 0.5) is 0 Å². The van der Waals surface area contributed by atoms with Gasteiger partial charge in [0.1, 0.15) is 0 Å². The van der Waals surface area contributed by atoms with Crippen LogP contribution < -0.4 is 0 Å². The Morgan fingerprint density at radius 3 is 1.31 bits per heavy atom. The van der Waals surface area contributed by atoms with Gasteiger partial charge in [0.2, 0.25) is 0 Å². The predicted octanol–water partition coefficient (Wildman–Crippen LogP) is 13.1. The number of rotatable bonds is 15. The van der Waals surface area contributed by atoms with Gasteiger partial charge < -0.3 is 13.7 Å². The first-order valence-corrected chi connectivity index (χ1v) is 23.8. The van der Waals surface area contributed by atoms with E-state index in [-0.39, 0.29) is 20.1 Å². The van der Waals surface area contributed by atoms with Gasteiger partial charge in [-0.1, -0.05) is 110 Å². The van der Waals surface area contributed by atoms with Crippen molar-refractivity contribution in [2.45, 2.75) is 59.3 Å². The van der Waals surface area contributed by atoms with Gasteiger partial charge in [-0.25, -0.2) is 34.8 Å². The topological polar surface area (TPSA) is 53.5 Å². The van der Waals surface area contributed by atoms with Gasteiger partial charge in [0.15, 0.2) is 0 Å². The predicted molar refractivity (Wildman–Crippen MR) is 260 cm³/mol. The van der Waals surface area contributed by atoms with Crippen molar-refractivity contribution in [2.75, 3.05) is 0 Å². The van der Waals surface area contributed by atoms with Crippen molar-refractivity contribution in [1.29, 1.82) is 0 Å². The molecule has 10 aromatic rings. The van der Waals surface area contributed by atoms with E-state index in [2.05, 4.69) is 168 Å². The molecule has 0 unspecified atom stereocenters. The van der Waals surface area contributed by atoms with E-state index in [0.29, 0.717) is 0 Å². The van der Waals surface area contributed by atoms with E-state index in [1.54, 1.807) is 34.0 Å². The van der Waals surface area contributed by atoms with Crippen LogP contribution in [0.1, 0.15) is 48.0 Å². The van der Waals surface area contributed by atoms with Gasteiger partial charge in [-0.05, 0) is 98.0 Å². The second kappa shape index (κ2) is 19.6. The second-order valence-corrected chi connectivity index (χ2v) is 19.3. The number of aromatic nitrogens is 6. The maximum absolute atomic E-state index is 4.77. The quantitative estimate of drug-likeness (QED) is 0.0962. The van der Waals surface area contributed by atoms with Gasteiger partial charge >= 0.3 is 20.1 Å². The number of hydrogen-bond acceptors (Lipinski definition) is 6. The van der Waals surface area contributed by atoms with E-state index < -0.39 is 0 Å². The summed E-state index contributed by atoms with van der Waals surface area (Å²) in [5.41, 5.74) is 11.2. The van der Waals surface area contributed by atoms with Crippen molar-refractivity contribution in [3.63, 3.8) is 0 Å². The number of imidazole rings is 3. The molecule has 64 heavy (non-hydrogen) atoms. The third-order valence-corrected chi connectivity index (χ3v) is 14.8. The molecular formula is C54H45IrN6S3. The Morgan fingerprint density at radius 1 is 0.453 bits per heavy atom. The Hall–Kier alpha value is -5.74. The van der Waals surface area contributed by atoms with E-state index in [1.165, 1.54) is 48.0 Å². The third kappa shape index (κ3) is 9.39. The van der Waals surface area contributed by atoms with E-state index in [4.69, 9.17) is 15.0 Å². The molecule has 0 saturated heterocycles. The molecule has 10 heteroatoms. The number of para-hydroxylation sites is 3. The first-order chi connectivity index (χ1) is 30.9. The van der Waals surface area contributed by atoms with Crippen LogP contribution in [0.2, 0.25) is 0 Å². The minimum absolute atomic E-state index is 0. The van der Waals surface area contributed by atoms with Crippen molar-refractivity contribution < 1.29 is 20.1 Å². The maximum Gasteiger partial charge on any atom is 3.00 e. The molecule has 6 heterocycles. The minimum Gasteiger partial charge on any atom is -0.352 e. The van der Waals surface area contributed by atoms with Crippen molar-refractivity contribution >= 4 is 34.0 Å². The summed E-state index contributed by atoms with van der Waals surface area (Å²) >= 11 is 5.38. The summed E-state index contributed by atoms with van der Waals surface area (Å²) in [6.45, 7) is 6.43. The SMILES string of the molecule is Cc1ccccc1-n1ccnc1-c1[c-]cc(CCc2cc(CCc3[c-]cc(-c4nccn4-c4ccccc4C)s3)cc(CCc3c[c-]c(-c4nccn4-c4ccccc4C)s3)c2)s1.[Ir+3]. The number of aryl methyl sites for hydroxylation is 9. The Kier molecular flexibility index (Phi) is 13.3. The molecule has 0 spiro atoms. The standard InChI is InChI=1S/C54H45N6S3.Ir/c1-37-10-4-7-13-46(37)58-31-28-55-52(58)49-25-22-43(61-49)19-16-40-34-41(17-20-44-23-26-50(62-44)53-56-29-32-59(53)47-14-8-5-11-38(47)2)36-42(35-40)18-21-45-24-27-51(63-45)54-57-30-33-60(54)48-15-9-6-12-39(48)3;/h4-15,22-23,27-36H,16-21H2,1-3H3;/q-3;+3. The molecule has 4 aromatic carbocycles. The molecule has 0 aliphatic heterocycles. The molecule has 0 saturated carbocycles. The zero-order valence-corrected chi connectivity index (χ0v) is 40.7. The van der Waals surface area contributed by atoms with Gasteiger partial charge in [-0.3, -0.25) is 26.3 Å². The fourth-order valence-corrected chi connectivity index (χ4v) is 11.1. The summed E-state index contributed by atoms with van der Waals surface area (Å²) in [4.78, 5) is 21.4. The Balaban J connectivity index is 0.00000518. The second-order valence-electron chi connectivity index (χ2n) is 15.9. The van der Waals surface area contributed by atoms with Crippen LogP contribution >= 0.6 is 34.0 Å². The molecule has 0 radical (unpaired) electrons. The number of nitrogens with zero attached hydrogens (tertiary/aromatic N) is 6. The van der Waals surface area contributed by atoms with Crippen molar-refractivity contribution in [3.05, 3.63) is 213 Å². The van der Waals surface area contributed by atoms with Gasteiger partial charge in [0.25, 0.3) is 0 Å². The van der Waals surface area contributed by atoms with Crippen LogP contribution in [0.15, 0.2) is 146 Å². The molecule has 0 aliphatic rings. The Labute approximate surface area is 401 Å². The van der Waals surface area contributed by atoms with Gasteiger partial charge in [-0.2, -0.15) is 24.3 Å². The molecule has 0 aliphatic carbocycles. The van der Waals surface area contributed by atoms with Crippen molar-refractivity contribution in [2.24, 2.45) is 0 Å². The van der Waals surface area contributed by atoms with Crippen LogP contribution in [-0.2, 0) is 58.6 Å². The molecule has 0 amide bonds. The minimum atomic E-state index is 0. The fourth-order valence-electron chi connectivity index (χ4n) is 8.29. The smallest absolute Gasteiger partial charge is 0.352 e. The summed E-state index contributed by atoms with van der Waals surface area (Å²) in [6, 6.07) is 49.7. The summed E-state index contributed by atoms with van der Waals surface area (Å²) in [7, 11) is 0. The molecule has 0 atom stereocenters. The van der Waals surface area contributed by atoms with Crippen LogP contribution in [0.25, 0.3) is 49.2 Å². The van der Waals surface area contributed by atoms with Crippen LogP contribution in [0, 0.1) is 39.0 Å². The normalized spacial score (nSPS) is 11.3. The molecule has 318 valence electrons. The van der Waals surface area contributed by atoms with Gasteiger partial charge in [0.05, 0.1) is 17.5 Å². The Morgan fingerprint density at radius 2 is 0.859 bits per heavy atom. The fraction of sp³-hybridized carbons (Fsp3) is 0.167. The van der Waals surface area contributed by atoms with Crippen molar-refractivity contribution in [3.8, 4) is 49.2 Å². The van der Waals surface area contributed by atoms with E-state index in [9.17, 15) is 0 Å². The summed E-state index contributed by atoms with van der Waals surface area (Å²) in [5.74, 6) is 2.83. The monoisotopic (exact) mass is 1070 g/mol. The summed E-state index contributed by atoms with van der Waals surface area (Å²) < 4.78 is 6.54. The number of thiophene rings is 3. The van der Waals surface area contributed by atoms with E-state index in [0.717, 1.165) is 87.7 Å². The summed E-state index contributed by atoms with van der Waals surface area (Å²) in [5, 5.41) is 0. The number of benzene rings is 4. The van der Waals surface area contributed by atoms with Gasteiger partial charge in [0, 0.05) is 54.2 Å². The Bertz CT molecular complexity index is 2810. The molecular weight excluding hydrogens is 1020 g/mol. The van der Waals surface area contributed by atoms with Crippen LogP contribution in [0.5, 0.6) is 0 Å². The van der Waals surface area contributed by atoms with Crippen molar-refractivity contribution in [1.82, 2.24) is 28.7 Å². The van der Waals surface area contributed by atoms with E-state index >= 15 is 0 Å². The molecule has 0 fully saturated rings. The van der Waals surface area contributed by atoms with E-state index in [1.807, 2.05) is 31.0 Å². The van der Waals surface area contributed by atoms with Crippen LogP contribution in [0.3, 0.4) is 0 Å². The molecule has 10 rings (SSSR count). The molecule has 0 bridgehead atoms. The molecule has 0 N–H and O–H groups in total. The molecule has 6 aromatic heterocycles. The average molecular weight is 1070 g/mol. The zero-order chi connectivity index (χ0) is 42.7. The largest absolute Gasteiger partial charge is 3.00 e. The molecule has 6 nitrogen and oxygen atoms in total.